The number of ether oxygens (including phenoxy) is 2. The number of aromatic nitrogens is 3. The van der Waals surface area contributed by atoms with Crippen LogP contribution < -0.4 is 26.0 Å². The Morgan fingerprint density at radius 2 is 1.26 bits per heavy atom. The van der Waals surface area contributed by atoms with Crippen molar-refractivity contribution in [3.05, 3.63) is 95.7 Å². The number of phenols is 2. The second-order valence-corrected chi connectivity index (χ2v) is 20.3. The molecular formula is C40H36N10NaO17S4. The minimum absolute atomic E-state index is 0. The molecule has 10 N–H and O–H groups in total. The van der Waals surface area contributed by atoms with Gasteiger partial charge in [0, 0.05) is 52.8 Å². The quantitative estimate of drug-likeness (QED) is 0.0363. The number of phenolic OH excluding ortho intramolecular Hbond substituents is 2. The number of hydrogen-bond donors (Lipinski definition) is 10. The van der Waals surface area contributed by atoms with Gasteiger partial charge < -0.3 is 30.1 Å². The van der Waals surface area contributed by atoms with E-state index in [4.69, 9.17) is 9.47 Å². The molecule has 0 aliphatic heterocycles. The molecule has 0 atom stereocenters. The van der Waals surface area contributed by atoms with Crippen LogP contribution in [0.25, 0.3) is 21.5 Å². The molecular weight excluding hydrogens is 1040 g/mol. The summed E-state index contributed by atoms with van der Waals surface area (Å²) in [6.07, 6.45) is 0. The molecule has 0 aliphatic rings. The van der Waals surface area contributed by atoms with E-state index in [-0.39, 0.29) is 121 Å². The molecule has 1 radical (unpaired) electrons. The van der Waals surface area contributed by atoms with Gasteiger partial charge in [-0.25, -0.2) is 9.98 Å². The number of nitrogens with one attached hydrogen (secondary N) is 3. The Balaban J connectivity index is 0.00000847. The van der Waals surface area contributed by atoms with Crippen LogP contribution in [-0.2, 0) is 40.5 Å². The van der Waals surface area contributed by atoms with Crippen LogP contribution >= 0.6 is 0 Å². The number of benzene rings is 6. The van der Waals surface area contributed by atoms with E-state index in [0.29, 0.717) is 11.6 Å². The molecule has 1 aromatic heterocycles. The van der Waals surface area contributed by atoms with E-state index >= 15 is 0 Å². The van der Waals surface area contributed by atoms with E-state index in [2.05, 4.69) is 50.7 Å². The summed E-state index contributed by atoms with van der Waals surface area (Å²) in [6.45, 7) is 1.15. The third-order valence-electron chi connectivity index (χ3n) is 9.89. The van der Waals surface area contributed by atoms with Crippen molar-refractivity contribution in [1.82, 2.24) is 15.0 Å². The first-order chi connectivity index (χ1) is 33.3. The number of azo groups is 2. The molecule has 7 rings (SSSR count). The minimum Gasteiger partial charge on any atom is -0.507 e. The number of aliphatic hydroxyl groups excluding tert-OH is 1. The number of hydrogen-bond acceptors (Lipinski definition) is 21. The van der Waals surface area contributed by atoms with Crippen molar-refractivity contribution in [3.63, 3.8) is 0 Å². The zero-order valence-electron chi connectivity index (χ0n) is 37.4. The number of rotatable bonds is 15. The van der Waals surface area contributed by atoms with Crippen LogP contribution in [0.4, 0.5) is 40.1 Å². The fourth-order valence-corrected chi connectivity index (χ4v) is 8.90. The Morgan fingerprint density at radius 1 is 0.639 bits per heavy atom. The van der Waals surface area contributed by atoms with Gasteiger partial charge in [0.25, 0.3) is 40.5 Å². The van der Waals surface area contributed by atoms with Crippen molar-refractivity contribution < 1.29 is 76.7 Å². The molecule has 72 heavy (non-hydrogen) atoms. The molecule has 1 heterocycles. The van der Waals surface area contributed by atoms with Crippen LogP contribution in [0.15, 0.2) is 129 Å². The molecule has 7 aromatic rings. The molecule has 32 heteroatoms. The number of methoxy groups -OCH3 is 2. The maximum absolute atomic E-state index is 12.6. The van der Waals surface area contributed by atoms with Gasteiger partial charge in [-0.1, -0.05) is 0 Å². The van der Waals surface area contributed by atoms with E-state index in [1.54, 1.807) is 6.92 Å². The standard InChI is InChI=1S/C40H36N10O17S4.Na/c1-19-10-28(33(67-3)18-27(19)47-49-30-16-24(69(57,58)59)12-21-13-25(70(60,61)62)17-31(52)35(21)30)43-40-45-38(41-8-9-51)44-39(46-40)42-22-4-6-26-20(11-22)14-34(71(63,64)65)36(37(26)53)50-48-29-15-23(68(54,55)56)5-7-32(29)66-2;/h4-7,10-18,51-53H,8-9H2,1-3H3,(H,54,55,56)(H,57,58,59)(H,60,61,62)(H,63,64,65)(H3,41,42,43,44,45,46);. The minimum atomic E-state index is -5.12. The van der Waals surface area contributed by atoms with Gasteiger partial charge in [-0.2, -0.15) is 43.8 Å². The Bertz CT molecular complexity index is 4010. The summed E-state index contributed by atoms with van der Waals surface area (Å²) in [5, 5.41) is 50.0. The number of aromatic amines is 2. The fraction of sp³-hybridized carbons (Fsp3) is 0.125. The summed E-state index contributed by atoms with van der Waals surface area (Å²) in [5.41, 5.74) is -0.473. The van der Waals surface area contributed by atoms with Gasteiger partial charge in [0.1, 0.15) is 39.2 Å². The topological polar surface area (TPSA) is 427 Å². The van der Waals surface area contributed by atoms with Crippen molar-refractivity contribution in [3.8, 4) is 23.0 Å². The second-order valence-electron chi connectivity index (χ2n) is 14.7. The Labute approximate surface area is 428 Å². The first-order valence-electron chi connectivity index (χ1n) is 19.6. The molecule has 373 valence electrons. The fourth-order valence-electron chi connectivity index (χ4n) is 6.67. The van der Waals surface area contributed by atoms with Gasteiger partial charge in [0.15, 0.2) is 5.75 Å². The van der Waals surface area contributed by atoms with Crippen molar-refractivity contribution in [2.24, 2.45) is 30.4 Å². The van der Waals surface area contributed by atoms with Crippen LogP contribution in [0.2, 0.25) is 0 Å². The van der Waals surface area contributed by atoms with E-state index < -0.39 is 77.2 Å². The maximum atomic E-state index is 12.6. The van der Waals surface area contributed by atoms with E-state index in [0.717, 1.165) is 42.5 Å². The summed E-state index contributed by atoms with van der Waals surface area (Å²) < 4.78 is 146. The van der Waals surface area contributed by atoms with Crippen molar-refractivity contribution >= 4 is 132 Å². The van der Waals surface area contributed by atoms with Gasteiger partial charge in [0.2, 0.25) is 17.2 Å². The number of anilines is 2. The monoisotopic (exact) mass is 1080 g/mol. The van der Waals surface area contributed by atoms with Crippen molar-refractivity contribution in [1.29, 1.82) is 0 Å². The number of aromatic hydroxyl groups is 2. The average molecular weight is 1080 g/mol. The molecule has 0 saturated carbocycles. The molecule has 0 aliphatic carbocycles. The number of H-pyrrole nitrogens is 2. The average Bonchev–Trinajstić information content (AvgIpc) is 3.28. The van der Waals surface area contributed by atoms with Crippen LogP contribution in [0, 0.1) is 6.92 Å². The molecule has 0 unspecified atom stereocenters. The SMILES string of the molecule is COc1ccc(S(=O)(=O)O)cc1N=Nc1c(S(=O)(=O)O)cc2cc(Nc3nc(=NCCO)[nH]c(=Nc4cc(C)c(N=Nc5cc(S(=O)(=O)O)cc6cc(S(=O)(=O)O)cc(O)c56)cc4OC)[nH]3)ccc2c1O.[Na]. The molecule has 0 spiro atoms. The molecule has 0 bridgehead atoms. The van der Waals surface area contributed by atoms with Crippen LogP contribution in [0.1, 0.15) is 5.56 Å². The molecule has 0 saturated heterocycles. The summed E-state index contributed by atoms with van der Waals surface area (Å²) in [4.78, 5) is 15.9. The van der Waals surface area contributed by atoms with Gasteiger partial charge in [-0.3, -0.25) is 28.2 Å². The van der Waals surface area contributed by atoms with Gasteiger partial charge >= 0.3 is 0 Å². The van der Waals surface area contributed by atoms with Crippen LogP contribution in [-0.4, -0.2) is 139 Å². The van der Waals surface area contributed by atoms with Gasteiger partial charge in [-0.05, 0) is 90.0 Å². The summed E-state index contributed by atoms with van der Waals surface area (Å²) in [5.74, 6) is -1.45. The van der Waals surface area contributed by atoms with Crippen molar-refractivity contribution in [2.75, 3.05) is 32.7 Å². The predicted octanol–water partition coefficient (Wildman–Crippen LogP) is 5.09. The number of aliphatic hydroxyl groups is 1. The number of nitrogens with zero attached hydrogens (tertiary/aromatic N) is 7. The van der Waals surface area contributed by atoms with E-state index in [1.807, 2.05) is 0 Å². The normalized spacial score (nSPS) is 13.1. The van der Waals surface area contributed by atoms with Gasteiger partial charge in [0.05, 0.1) is 58.8 Å². The summed E-state index contributed by atoms with van der Waals surface area (Å²) >= 11 is 0. The van der Waals surface area contributed by atoms with Crippen LogP contribution in [0.3, 0.4) is 0 Å². The largest absolute Gasteiger partial charge is 0.507 e. The Morgan fingerprint density at radius 3 is 1.89 bits per heavy atom. The van der Waals surface area contributed by atoms with Crippen LogP contribution in [0.5, 0.6) is 23.0 Å². The first kappa shape index (κ1) is 54.6. The predicted molar refractivity (Wildman–Crippen MR) is 254 cm³/mol. The Kier molecular flexibility index (Phi) is 16.0. The molecule has 27 nitrogen and oxygen atoms in total. The van der Waals surface area contributed by atoms with Gasteiger partial charge in [-0.15, -0.1) is 15.3 Å². The first-order valence-corrected chi connectivity index (χ1v) is 25.4. The smallest absolute Gasteiger partial charge is 0.296 e. The third kappa shape index (κ3) is 12.3. The van der Waals surface area contributed by atoms with E-state index in [1.165, 1.54) is 44.6 Å². The third-order valence-corrected chi connectivity index (χ3v) is 13.3. The zero-order chi connectivity index (χ0) is 51.8. The summed E-state index contributed by atoms with van der Waals surface area (Å²) in [6, 6.07) is 14.4. The Hall–Kier alpha value is -6.75. The van der Waals surface area contributed by atoms with Crippen molar-refractivity contribution in [2.45, 2.75) is 26.5 Å². The summed E-state index contributed by atoms with van der Waals surface area (Å²) in [7, 11) is -17.1. The zero-order valence-corrected chi connectivity index (χ0v) is 42.7. The molecule has 0 amide bonds. The van der Waals surface area contributed by atoms with E-state index in [9.17, 15) is 67.2 Å². The second kappa shape index (κ2) is 21.1. The number of aryl methyl sites for hydroxylation is 1. The molecule has 0 fully saturated rings. The molecule has 6 aromatic carbocycles. The number of fused-ring (bicyclic) bond motifs is 2. The maximum Gasteiger partial charge on any atom is 0.296 e.